The fourth-order valence-electron chi connectivity index (χ4n) is 1.61. The van der Waals surface area contributed by atoms with Crippen LogP contribution in [0.4, 0.5) is 10.5 Å². The van der Waals surface area contributed by atoms with Crippen molar-refractivity contribution in [2.75, 3.05) is 26.0 Å². The fourth-order valence-corrected chi connectivity index (χ4v) is 1.61. The minimum absolute atomic E-state index is 0.0853. The molecule has 1 unspecified atom stereocenters. The zero-order valence-corrected chi connectivity index (χ0v) is 12.1. The minimum atomic E-state index is -0.254. The molecule has 0 saturated heterocycles. The molecule has 1 atom stereocenters. The Morgan fingerprint density at radius 1 is 1.40 bits per heavy atom. The summed E-state index contributed by atoms with van der Waals surface area (Å²) in [5, 5.41) is 5.30. The second-order valence-electron chi connectivity index (χ2n) is 4.69. The third-order valence-corrected chi connectivity index (χ3v) is 2.96. The molecule has 1 aromatic rings. The van der Waals surface area contributed by atoms with Crippen molar-refractivity contribution in [3.63, 3.8) is 0 Å². The third kappa shape index (κ3) is 4.89. The molecule has 0 spiro atoms. The fraction of sp³-hybridized carbons (Fsp3) is 0.429. The molecular formula is C14H22N4O2. The second-order valence-corrected chi connectivity index (χ2v) is 4.69. The summed E-state index contributed by atoms with van der Waals surface area (Å²) < 4.78 is 0. The molecular weight excluding hydrogens is 256 g/mol. The van der Waals surface area contributed by atoms with Gasteiger partial charge in [0.1, 0.15) is 0 Å². The summed E-state index contributed by atoms with van der Waals surface area (Å²) in [5.41, 5.74) is 7.45. The predicted molar refractivity (Wildman–Crippen MR) is 79.4 cm³/mol. The summed E-state index contributed by atoms with van der Waals surface area (Å²) in [5.74, 6) is -0.0939. The van der Waals surface area contributed by atoms with Crippen LogP contribution < -0.4 is 16.4 Å². The van der Waals surface area contributed by atoms with Crippen molar-refractivity contribution < 1.29 is 9.59 Å². The Morgan fingerprint density at radius 2 is 2.10 bits per heavy atom. The molecule has 1 rings (SSSR count). The number of nitrogens with two attached hydrogens (primary N) is 1. The van der Waals surface area contributed by atoms with E-state index in [0.29, 0.717) is 12.2 Å². The van der Waals surface area contributed by atoms with Crippen LogP contribution >= 0.6 is 0 Å². The number of nitrogens with one attached hydrogen (secondary N) is 2. The highest BCUT2D eigenvalue weighted by molar-refractivity contribution is 5.89. The lowest BCUT2D eigenvalue weighted by Gasteiger charge is -2.18. The normalized spacial score (nSPS) is 11.6. The number of hydrogen-bond acceptors (Lipinski definition) is 3. The lowest BCUT2D eigenvalue weighted by molar-refractivity contribution is -0.120. The van der Waals surface area contributed by atoms with Crippen molar-refractivity contribution in [1.82, 2.24) is 10.2 Å². The molecule has 0 aliphatic rings. The van der Waals surface area contributed by atoms with Gasteiger partial charge < -0.3 is 21.3 Å². The first-order valence-electron chi connectivity index (χ1n) is 6.52. The SMILES string of the molecule is CNC(=O)CCN(C)C(=O)Nc1cccc(C(C)N)c1. The lowest BCUT2D eigenvalue weighted by atomic mass is 10.1. The van der Waals surface area contributed by atoms with Crippen LogP contribution in [0.3, 0.4) is 0 Å². The highest BCUT2D eigenvalue weighted by Gasteiger charge is 2.10. The zero-order chi connectivity index (χ0) is 15.1. The molecule has 0 saturated carbocycles. The van der Waals surface area contributed by atoms with Crippen LogP contribution in [0.1, 0.15) is 24.9 Å². The molecule has 1 aromatic carbocycles. The molecule has 0 radical (unpaired) electrons. The molecule has 6 heteroatoms. The van der Waals surface area contributed by atoms with Gasteiger partial charge in [0.15, 0.2) is 0 Å². The first-order chi connectivity index (χ1) is 9.43. The summed E-state index contributed by atoms with van der Waals surface area (Å²) in [4.78, 5) is 24.5. The summed E-state index contributed by atoms with van der Waals surface area (Å²) in [6, 6.07) is 7.06. The van der Waals surface area contributed by atoms with Crippen molar-refractivity contribution in [2.45, 2.75) is 19.4 Å². The van der Waals surface area contributed by atoms with Crippen molar-refractivity contribution in [2.24, 2.45) is 5.73 Å². The smallest absolute Gasteiger partial charge is 0.321 e. The summed E-state index contributed by atoms with van der Waals surface area (Å²) in [6.07, 6.45) is 0.278. The average molecular weight is 278 g/mol. The predicted octanol–water partition coefficient (Wildman–Crippen LogP) is 1.31. The average Bonchev–Trinajstić information content (AvgIpc) is 2.44. The number of hydrogen-bond donors (Lipinski definition) is 3. The number of amides is 3. The van der Waals surface area contributed by atoms with E-state index in [1.54, 1.807) is 20.2 Å². The standard InChI is InChI=1S/C14H22N4O2/c1-10(15)11-5-4-6-12(9-11)17-14(20)18(3)8-7-13(19)16-2/h4-6,9-10H,7-8,15H2,1-3H3,(H,16,19)(H,17,20). The Bertz CT molecular complexity index is 474. The van der Waals surface area contributed by atoms with Gasteiger partial charge >= 0.3 is 6.03 Å². The van der Waals surface area contributed by atoms with Gasteiger partial charge in [0.25, 0.3) is 0 Å². The maximum absolute atomic E-state index is 11.9. The second kappa shape index (κ2) is 7.49. The van der Waals surface area contributed by atoms with Crippen LogP contribution in [0, 0.1) is 0 Å². The van der Waals surface area contributed by atoms with Gasteiger partial charge in [-0.3, -0.25) is 4.79 Å². The molecule has 110 valence electrons. The summed E-state index contributed by atoms with van der Waals surface area (Å²) >= 11 is 0. The molecule has 20 heavy (non-hydrogen) atoms. The van der Waals surface area contributed by atoms with Gasteiger partial charge in [-0.1, -0.05) is 12.1 Å². The number of nitrogens with zero attached hydrogens (tertiary/aromatic N) is 1. The molecule has 4 N–H and O–H groups in total. The van der Waals surface area contributed by atoms with Gasteiger partial charge in [0, 0.05) is 38.8 Å². The molecule has 0 aliphatic heterocycles. The maximum atomic E-state index is 11.9. The minimum Gasteiger partial charge on any atom is -0.359 e. The molecule has 0 heterocycles. The van der Waals surface area contributed by atoms with Gasteiger partial charge in [0.2, 0.25) is 5.91 Å². The number of carbonyl (C=O) groups excluding carboxylic acids is 2. The van der Waals surface area contributed by atoms with Gasteiger partial charge in [-0.15, -0.1) is 0 Å². The van der Waals surface area contributed by atoms with E-state index in [2.05, 4.69) is 10.6 Å². The monoisotopic (exact) mass is 278 g/mol. The van der Waals surface area contributed by atoms with Gasteiger partial charge in [-0.25, -0.2) is 4.79 Å². The van der Waals surface area contributed by atoms with E-state index in [1.165, 1.54) is 4.90 Å². The summed E-state index contributed by atoms with van der Waals surface area (Å²) in [7, 11) is 3.22. The van der Waals surface area contributed by atoms with Crippen LogP contribution in [0.25, 0.3) is 0 Å². The molecule has 3 amide bonds. The van der Waals surface area contributed by atoms with Crippen LogP contribution in [0.2, 0.25) is 0 Å². The number of rotatable bonds is 5. The zero-order valence-electron chi connectivity index (χ0n) is 12.1. The largest absolute Gasteiger partial charge is 0.359 e. The van der Waals surface area contributed by atoms with E-state index in [9.17, 15) is 9.59 Å². The highest BCUT2D eigenvalue weighted by atomic mass is 16.2. The summed E-state index contributed by atoms with van der Waals surface area (Å²) in [6.45, 7) is 2.24. The van der Waals surface area contributed by atoms with E-state index in [4.69, 9.17) is 5.73 Å². The van der Waals surface area contributed by atoms with E-state index in [0.717, 1.165) is 5.56 Å². The molecule has 0 bridgehead atoms. The van der Waals surface area contributed by atoms with Crippen LogP contribution in [-0.2, 0) is 4.79 Å². The van der Waals surface area contributed by atoms with E-state index in [1.807, 2.05) is 25.1 Å². The van der Waals surface area contributed by atoms with Crippen LogP contribution in [0.15, 0.2) is 24.3 Å². The first kappa shape index (κ1) is 16.0. The highest BCUT2D eigenvalue weighted by Crippen LogP contribution is 2.15. The Labute approximate surface area is 119 Å². The number of urea groups is 1. The van der Waals surface area contributed by atoms with Gasteiger partial charge in [0.05, 0.1) is 0 Å². The Balaban J connectivity index is 2.57. The topological polar surface area (TPSA) is 87.5 Å². The number of carbonyl (C=O) groups is 2. The van der Waals surface area contributed by atoms with Gasteiger partial charge in [-0.2, -0.15) is 0 Å². The van der Waals surface area contributed by atoms with Crippen molar-refractivity contribution >= 4 is 17.6 Å². The van der Waals surface area contributed by atoms with E-state index >= 15 is 0 Å². The quantitative estimate of drug-likeness (QED) is 0.758. The van der Waals surface area contributed by atoms with E-state index in [-0.39, 0.29) is 24.4 Å². The van der Waals surface area contributed by atoms with Crippen LogP contribution in [-0.4, -0.2) is 37.5 Å². The molecule has 0 fully saturated rings. The molecule has 0 aromatic heterocycles. The number of anilines is 1. The Kier molecular flexibility index (Phi) is 5.99. The van der Waals surface area contributed by atoms with E-state index < -0.39 is 0 Å². The van der Waals surface area contributed by atoms with Crippen molar-refractivity contribution in [3.8, 4) is 0 Å². The molecule has 0 aliphatic carbocycles. The molecule has 6 nitrogen and oxygen atoms in total. The third-order valence-electron chi connectivity index (χ3n) is 2.96. The van der Waals surface area contributed by atoms with Crippen LogP contribution in [0.5, 0.6) is 0 Å². The maximum Gasteiger partial charge on any atom is 0.321 e. The Morgan fingerprint density at radius 3 is 2.70 bits per heavy atom. The first-order valence-corrected chi connectivity index (χ1v) is 6.52. The van der Waals surface area contributed by atoms with Crippen molar-refractivity contribution in [3.05, 3.63) is 29.8 Å². The van der Waals surface area contributed by atoms with Crippen molar-refractivity contribution in [1.29, 1.82) is 0 Å². The lowest BCUT2D eigenvalue weighted by Crippen LogP contribution is -2.34. The van der Waals surface area contributed by atoms with Gasteiger partial charge in [-0.05, 0) is 24.6 Å². The Hall–Kier alpha value is -2.08. The number of benzene rings is 1.